The molecule has 0 spiro atoms. The van der Waals surface area contributed by atoms with Crippen molar-refractivity contribution in [2.75, 3.05) is 52.3 Å². The largest absolute Gasteiger partial charge is 0.493 e. The Labute approximate surface area is 179 Å². The minimum atomic E-state index is -0.194. The molecule has 1 fully saturated rings. The topological polar surface area (TPSA) is 54.0 Å². The lowest BCUT2D eigenvalue weighted by molar-refractivity contribution is -0.121. The monoisotopic (exact) mass is 409 g/mol. The molecule has 1 aliphatic rings. The van der Waals surface area contributed by atoms with Crippen LogP contribution in [0.1, 0.15) is 12.5 Å². The average molecular weight is 410 g/mol. The van der Waals surface area contributed by atoms with Gasteiger partial charge in [0, 0.05) is 44.5 Å². The third-order valence-corrected chi connectivity index (χ3v) is 5.46. The van der Waals surface area contributed by atoms with E-state index in [4.69, 9.17) is 9.47 Å². The van der Waals surface area contributed by atoms with Crippen LogP contribution >= 0.6 is 0 Å². The number of amides is 1. The molecular formula is C24H31N3O3. The van der Waals surface area contributed by atoms with Gasteiger partial charge in [0.25, 0.3) is 0 Å². The van der Waals surface area contributed by atoms with Gasteiger partial charge >= 0.3 is 0 Å². The summed E-state index contributed by atoms with van der Waals surface area (Å²) in [6.45, 7) is 6.54. The molecule has 160 valence electrons. The molecule has 1 N–H and O–H groups in total. The summed E-state index contributed by atoms with van der Waals surface area (Å²) in [7, 11) is 3.18. The zero-order valence-corrected chi connectivity index (χ0v) is 18.0. The third kappa shape index (κ3) is 5.84. The summed E-state index contributed by atoms with van der Waals surface area (Å²) in [5.41, 5.74) is 1.92. The summed E-state index contributed by atoms with van der Waals surface area (Å²) in [6.07, 6.45) is 4.36. The number of anilines is 1. The van der Waals surface area contributed by atoms with Crippen LogP contribution in [-0.4, -0.2) is 68.7 Å². The minimum Gasteiger partial charge on any atom is -0.493 e. The molecule has 0 bridgehead atoms. The molecule has 0 aromatic heterocycles. The summed E-state index contributed by atoms with van der Waals surface area (Å²) in [5.74, 6) is 1.22. The Morgan fingerprint density at radius 1 is 1.03 bits per heavy atom. The Kier molecular flexibility index (Phi) is 7.88. The van der Waals surface area contributed by atoms with E-state index in [9.17, 15) is 4.79 Å². The van der Waals surface area contributed by atoms with Crippen molar-refractivity contribution in [3.05, 3.63) is 60.2 Å². The quantitative estimate of drug-likeness (QED) is 0.725. The van der Waals surface area contributed by atoms with Gasteiger partial charge in [0.15, 0.2) is 11.5 Å². The zero-order chi connectivity index (χ0) is 21.3. The Hall–Kier alpha value is -2.83. The van der Waals surface area contributed by atoms with Gasteiger partial charge in [-0.15, -0.1) is 0 Å². The van der Waals surface area contributed by atoms with Crippen molar-refractivity contribution in [1.82, 2.24) is 9.80 Å². The van der Waals surface area contributed by atoms with Crippen LogP contribution in [0.3, 0.4) is 0 Å². The van der Waals surface area contributed by atoms with Crippen LogP contribution in [0.4, 0.5) is 5.69 Å². The zero-order valence-electron chi connectivity index (χ0n) is 18.0. The first kappa shape index (κ1) is 21.9. The molecule has 30 heavy (non-hydrogen) atoms. The highest BCUT2D eigenvalue weighted by Gasteiger charge is 2.25. The van der Waals surface area contributed by atoms with Crippen LogP contribution in [0, 0.1) is 0 Å². The molecule has 0 radical (unpaired) electrons. The van der Waals surface area contributed by atoms with Gasteiger partial charge in [-0.2, -0.15) is 0 Å². The fourth-order valence-corrected chi connectivity index (χ4v) is 3.56. The van der Waals surface area contributed by atoms with Crippen molar-refractivity contribution in [2.24, 2.45) is 0 Å². The summed E-state index contributed by atoms with van der Waals surface area (Å²) in [6, 6.07) is 15.5. The molecule has 1 heterocycles. The van der Waals surface area contributed by atoms with Gasteiger partial charge in [-0.05, 0) is 24.6 Å². The maximum Gasteiger partial charge on any atom is 0.241 e. The van der Waals surface area contributed by atoms with Crippen LogP contribution in [0.25, 0.3) is 6.08 Å². The summed E-state index contributed by atoms with van der Waals surface area (Å²) < 4.78 is 10.6. The molecule has 2 aromatic carbocycles. The number of rotatable bonds is 8. The smallest absolute Gasteiger partial charge is 0.241 e. The lowest BCUT2D eigenvalue weighted by Gasteiger charge is -2.37. The molecule has 0 unspecified atom stereocenters. The van der Waals surface area contributed by atoms with Gasteiger partial charge in [-0.1, -0.05) is 42.5 Å². The SMILES string of the molecule is COc1ccc(NC(=O)[C@@H](C)N2CCN(C/C=C/c3ccccc3)CC2)cc1OC. The number of hydrogen-bond acceptors (Lipinski definition) is 5. The molecule has 1 saturated heterocycles. The van der Waals surface area contributed by atoms with E-state index in [1.54, 1.807) is 26.4 Å². The summed E-state index contributed by atoms with van der Waals surface area (Å²) in [4.78, 5) is 17.4. The van der Waals surface area contributed by atoms with E-state index in [-0.39, 0.29) is 11.9 Å². The molecule has 6 heteroatoms. The van der Waals surface area contributed by atoms with Crippen molar-refractivity contribution in [1.29, 1.82) is 0 Å². The number of carbonyl (C=O) groups excluding carboxylic acids is 1. The van der Waals surface area contributed by atoms with E-state index in [1.165, 1.54) is 5.56 Å². The van der Waals surface area contributed by atoms with Crippen molar-refractivity contribution in [2.45, 2.75) is 13.0 Å². The third-order valence-electron chi connectivity index (χ3n) is 5.46. The molecule has 6 nitrogen and oxygen atoms in total. The Balaban J connectivity index is 1.47. The fourth-order valence-electron chi connectivity index (χ4n) is 3.56. The highest BCUT2D eigenvalue weighted by Crippen LogP contribution is 2.29. The van der Waals surface area contributed by atoms with E-state index < -0.39 is 0 Å². The number of nitrogens with zero attached hydrogens (tertiary/aromatic N) is 2. The molecule has 2 aromatic rings. The van der Waals surface area contributed by atoms with Crippen molar-refractivity contribution in [3.8, 4) is 11.5 Å². The van der Waals surface area contributed by atoms with Crippen LogP contribution < -0.4 is 14.8 Å². The molecule has 1 atom stereocenters. The lowest BCUT2D eigenvalue weighted by Crippen LogP contribution is -2.52. The normalized spacial score (nSPS) is 16.4. The number of ether oxygens (including phenoxy) is 2. The van der Waals surface area contributed by atoms with Gasteiger partial charge in [0.2, 0.25) is 5.91 Å². The number of hydrogen-bond donors (Lipinski definition) is 1. The Bertz CT molecular complexity index is 846. The second-order valence-electron chi connectivity index (χ2n) is 7.38. The molecule has 0 aliphatic carbocycles. The van der Waals surface area contributed by atoms with Crippen molar-refractivity contribution in [3.63, 3.8) is 0 Å². The standard InChI is InChI=1S/C24H31N3O3/c1-19(24(28)25-21-11-12-22(29-2)23(18-21)30-3)27-16-14-26(15-17-27)13-7-10-20-8-5-4-6-9-20/h4-12,18-19H,13-17H2,1-3H3,(H,25,28)/b10-7+/t19-/m1/s1. The van der Waals surface area contributed by atoms with Crippen LogP contribution in [0.15, 0.2) is 54.6 Å². The van der Waals surface area contributed by atoms with E-state index in [2.05, 4.69) is 39.4 Å². The Morgan fingerprint density at radius 2 is 1.73 bits per heavy atom. The fraction of sp³-hybridized carbons (Fsp3) is 0.375. The van der Waals surface area contributed by atoms with Crippen LogP contribution in [0.5, 0.6) is 11.5 Å². The molecule has 1 amide bonds. The van der Waals surface area contributed by atoms with E-state index in [0.717, 1.165) is 32.7 Å². The summed E-state index contributed by atoms with van der Waals surface area (Å²) >= 11 is 0. The Morgan fingerprint density at radius 3 is 2.40 bits per heavy atom. The first-order valence-corrected chi connectivity index (χ1v) is 10.3. The van der Waals surface area contributed by atoms with Gasteiger partial charge < -0.3 is 14.8 Å². The van der Waals surface area contributed by atoms with Crippen LogP contribution in [0.2, 0.25) is 0 Å². The number of nitrogens with one attached hydrogen (secondary N) is 1. The molecule has 3 rings (SSSR count). The second-order valence-corrected chi connectivity index (χ2v) is 7.38. The number of methoxy groups -OCH3 is 2. The maximum atomic E-state index is 12.7. The highest BCUT2D eigenvalue weighted by molar-refractivity contribution is 5.94. The number of benzene rings is 2. The average Bonchev–Trinajstić information content (AvgIpc) is 2.79. The van der Waals surface area contributed by atoms with Gasteiger partial charge in [-0.25, -0.2) is 0 Å². The maximum absolute atomic E-state index is 12.7. The molecular weight excluding hydrogens is 378 g/mol. The molecule has 0 saturated carbocycles. The van der Waals surface area contributed by atoms with E-state index in [1.807, 2.05) is 31.2 Å². The predicted octanol–water partition coefficient (Wildman–Crippen LogP) is 3.36. The summed E-state index contributed by atoms with van der Waals surface area (Å²) in [5, 5.41) is 2.99. The van der Waals surface area contributed by atoms with E-state index >= 15 is 0 Å². The first-order chi connectivity index (χ1) is 14.6. The first-order valence-electron chi connectivity index (χ1n) is 10.3. The highest BCUT2D eigenvalue weighted by atomic mass is 16.5. The van der Waals surface area contributed by atoms with Gasteiger partial charge in [0.05, 0.1) is 20.3 Å². The van der Waals surface area contributed by atoms with Gasteiger partial charge in [0.1, 0.15) is 0 Å². The molecule has 1 aliphatic heterocycles. The van der Waals surface area contributed by atoms with Crippen molar-refractivity contribution >= 4 is 17.7 Å². The van der Waals surface area contributed by atoms with E-state index in [0.29, 0.717) is 17.2 Å². The minimum absolute atomic E-state index is 0.0142. The number of carbonyl (C=O) groups is 1. The van der Waals surface area contributed by atoms with Crippen LogP contribution in [-0.2, 0) is 4.79 Å². The lowest BCUT2D eigenvalue weighted by atomic mass is 10.2. The number of piperazine rings is 1. The van der Waals surface area contributed by atoms with Crippen molar-refractivity contribution < 1.29 is 14.3 Å². The van der Waals surface area contributed by atoms with Gasteiger partial charge in [-0.3, -0.25) is 14.6 Å². The predicted molar refractivity (Wildman–Crippen MR) is 121 cm³/mol. The second kappa shape index (κ2) is 10.8.